The van der Waals surface area contributed by atoms with Crippen LogP contribution in [0.15, 0.2) is 17.7 Å². The average Bonchev–Trinajstić information content (AvgIpc) is 3.16. The zero-order chi connectivity index (χ0) is 12.5. The minimum Gasteiger partial charge on any atom is -0.574 e. The number of allylic oxidation sites excluding steroid dienone is 4. The number of carbonyl (C=O) groups is 3. The molecule has 2 aliphatic rings. The molecule has 0 spiro atoms. The van der Waals surface area contributed by atoms with Crippen LogP contribution < -0.4 is 0 Å². The van der Waals surface area contributed by atoms with Gasteiger partial charge in [0.2, 0.25) is 0 Å². The van der Waals surface area contributed by atoms with Gasteiger partial charge in [-0.25, -0.2) is 11.6 Å². The van der Waals surface area contributed by atoms with Crippen LogP contribution in [0.1, 0.15) is 13.3 Å². The van der Waals surface area contributed by atoms with Gasteiger partial charge in [0.15, 0.2) is 0 Å². The fraction of sp³-hybridized carbons (Fsp3) is 0.273. The standard InChI is InChI=1S/C6H7.C2H3O.3CH2O.Mn/c1-6-4-2-3-5-6;1-2-3-1;3*1-2;/h2,4H,3H2,1H3;1H,2H2;3*1H2;/q2*-1;;;;+2. The predicted octanol–water partition coefficient (Wildman–Crippen LogP) is 1.32. The molecule has 0 saturated carbocycles. The van der Waals surface area contributed by atoms with Crippen molar-refractivity contribution >= 4 is 20.4 Å². The summed E-state index contributed by atoms with van der Waals surface area (Å²) >= 11 is 0. The van der Waals surface area contributed by atoms with Gasteiger partial charge in [0.25, 0.3) is 0 Å². The van der Waals surface area contributed by atoms with Crippen molar-refractivity contribution < 1.29 is 36.2 Å². The molecule has 5 heteroatoms. The zero-order valence-corrected chi connectivity index (χ0v) is 10.5. The van der Waals surface area contributed by atoms with Gasteiger partial charge in [-0.3, -0.25) is 6.08 Å². The molecule has 1 aliphatic heterocycles. The molecule has 16 heavy (non-hydrogen) atoms. The van der Waals surface area contributed by atoms with Gasteiger partial charge in [0.05, 0.1) is 0 Å². The maximum Gasteiger partial charge on any atom is 2.00 e. The molecule has 0 bridgehead atoms. The fourth-order valence-electron chi connectivity index (χ4n) is 0.515. The minimum atomic E-state index is 0. The Morgan fingerprint density at radius 1 is 1.25 bits per heavy atom. The number of ether oxygens (including phenoxy) is 1. The normalized spacial score (nSPS) is 12.2. The molecule has 0 aromatic heterocycles. The topological polar surface area (TPSA) is 63.7 Å². The quantitative estimate of drug-likeness (QED) is 0.377. The molecular formula is C11H16MnO4. The van der Waals surface area contributed by atoms with Crippen molar-refractivity contribution in [1.29, 1.82) is 0 Å². The summed E-state index contributed by atoms with van der Waals surface area (Å²) in [5.41, 5.74) is 1.27. The van der Waals surface area contributed by atoms with E-state index in [0.29, 0.717) is 0 Å². The van der Waals surface area contributed by atoms with Crippen molar-refractivity contribution in [2.75, 3.05) is 6.61 Å². The van der Waals surface area contributed by atoms with E-state index in [9.17, 15) is 0 Å². The second-order valence-electron chi connectivity index (χ2n) is 1.97. The summed E-state index contributed by atoms with van der Waals surface area (Å²) in [6, 6.07) is 0. The van der Waals surface area contributed by atoms with Gasteiger partial charge < -0.3 is 19.1 Å². The van der Waals surface area contributed by atoms with E-state index in [1.807, 2.05) is 20.4 Å². The first kappa shape index (κ1) is 24.3. The first-order chi connectivity index (χ1) is 7.39. The molecule has 0 N–H and O–H groups in total. The second kappa shape index (κ2) is 29.2. The Labute approximate surface area is 107 Å². The van der Waals surface area contributed by atoms with E-state index in [2.05, 4.69) is 29.9 Å². The van der Waals surface area contributed by atoms with Gasteiger partial charge in [-0.05, 0) is 0 Å². The van der Waals surface area contributed by atoms with Gasteiger partial charge in [-0.2, -0.15) is 12.7 Å². The summed E-state index contributed by atoms with van der Waals surface area (Å²) in [6.07, 6.45) is 8.33. The largest absolute Gasteiger partial charge is 2.00 e. The van der Waals surface area contributed by atoms with Crippen LogP contribution in [-0.4, -0.2) is 27.0 Å². The molecule has 0 amide bonds. The van der Waals surface area contributed by atoms with Crippen molar-refractivity contribution in [2.45, 2.75) is 13.3 Å². The van der Waals surface area contributed by atoms with Crippen LogP contribution in [0.4, 0.5) is 0 Å². The van der Waals surface area contributed by atoms with Crippen molar-refractivity contribution in [3.8, 4) is 0 Å². The van der Waals surface area contributed by atoms with Crippen molar-refractivity contribution in [2.24, 2.45) is 0 Å². The third-order valence-electron chi connectivity index (χ3n) is 1.03. The van der Waals surface area contributed by atoms with Crippen LogP contribution in [-0.2, 0) is 36.2 Å². The minimum absolute atomic E-state index is 0. The van der Waals surface area contributed by atoms with Crippen molar-refractivity contribution in [1.82, 2.24) is 0 Å². The molecule has 1 fully saturated rings. The van der Waals surface area contributed by atoms with E-state index in [1.54, 1.807) is 6.61 Å². The van der Waals surface area contributed by atoms with Gasteiger partial charge >= 0.3 is 17.1 Å². The van der Waals surface area contributed by atoms with E-state index in [1.165, 1.54) is 5.57 Å². The van der Waals surface area contributed by atoms with E-state index in [0.717, 1.165) is 13.0 Å². The SMILES string of the molecule is C=O.C=O.C=O.CC1=[C-]CC=C1.[CH-]1CO1.[Mn+2]. The maximum atomic E-state index is 8.00. The Kier molecular flexibility index (Phi) is 44.3. The van der Waals surface area contributed by atoms with Gasteiger partial charge in [-0.1, -0.05) is 13.5 Å². The molecule has 0 unspecified atom stereocenters. The summed E-state index contributed by atoms with van der Waals surface area (Å²) in [5.74, 6) is 0. The first-order valence-corrected chi connectivity index (χ1v) is 3.93. The third-order valence-corrected chi connectivity index (χ3v) is 1.03. The number of epoxide rings is 1. The van der Waals surface area contributed by atoms with Crippen molar-refractivity contribution in [3.63, 3.8) is 0 Å². The van der Waals surface area contributed by atoms with Crippen LogP contribution in [0.2, 0.25) is 0 Å². The summed E-state index contributed by atoms with van der Waals surface area (Å²) in [7, 11) is 0. The van der Waals surface area contributed by atoms with Crippen LogP contribution in [0.3, 0.4) is 0 Å². The third kappa shape index (κ3) is 38.3. The Balaban J connectivity index is -0.0000000627. The van der Waals surface area contributed by atoms with Crippen LogP contribution in [0, 0.1) is 12.7 Å². The van der Waals surface area contributed by atoms with Crippen LogP contribution in [0.5, 0.6) is 0 Å². The Morgan fingerprint density at radius 2 is 1.62 bits per heavy atom. The van der Waals surface area contributed by atoms with Gasteiger partial charge in [-0.15, -0.1) is 6.42 Å². The Hall–Kier alpha value is -1.03. The van der Waals surface area contributed by atoms with Gasteiger partial charge in [0.1, 0.15) is 20.4 Å². The molecule has 0 aromatic carbocycles. The Morgan fingerprint density at radius 3 is 1.69 bits per heavy atom. The summed E-state index contributed by atoms with van der Waals surface area (Å²) in [5, 5.41) is 0. The zero-order valence-electron chi connectivity index (χ0n) is 9.28. The molecule has 91 valence electrons. The Bertz CT molecular complexity index is 169. The first-order valence-electron chi connectivity index (χ1n) is 3.93. The molecule has 2 rings (SSSR count). The molecule has 1 aliphatic carbocycles. The number of carbonyl (C=O) groups excluding carboxylic acids is 3. The molecule has 0 aromatic rings. The summed E-state index contributed by atoms with van der Waals surface area (Å²) < 4.78 is 4.38. The average molecular weight is 267 g/mol. The predicted molar refractivity (Wildman–Crippen MR) is 57.8 cm³/mol. The maximum absolute atomic E-state index is 8.00. The smallest absolute Gasteiger partial charge is 0.574 e. The molecule has 0 atom stereocenters. The summed E-state index contributed by atoms with van der Waals surface area (Å²) in [6.45, 7) is 10.7. The summed E-state index contributed by atoms with van der Waals surface area (Å²) in [4.78, 5) is 24.0. The second-order valence-corrected chi connectivity index (χ2v) is 1.97. The van der Waals surface area contributed by atoms with E-state index in [4.69, 9.17) is 14.4 Å². The number of rotatable bonds is 0. The monoisotopic (exact) mass is 267 g/mol. The van der Waals surface area contributed by atoms with Crippen LogP contribution in [0.25, 0.3) is 0 Å². The van der Waals surface area contributed by atoms with E-state index in [-0.39, 0.29) is 17.1 Å². The van der Waals surface area contributed by atoms with Crippen LogP contribution >= 0.6 is 0 Å². The molecule has 1 heterocycles. The van der Waals surface area contributed by atoms with E-state index >= 15 is 0 Å². The molecular weight excluding hydrogens is 251 g/mol. The molecule has 4 nitrogen and oxygen atoms in total. The number of hydrogen-bond acceptors (Lipinski definition) is 4. The fourth-order valence-corrected chi connectivity index (χ4v) is 0.515. The van der Waals surface area contributed by atoms with Gasteiger partial charge in [0, 0.05) is 0 Å². The molecule has 1 radical (unpaired) electrons. The number of hydrogen-bond donors (Lipinski definition) is 0. The van der Waals surface area contributed by atoms with Crippen molar-refractivity contribution in [3.05, 3.63) is 30.4 Å². The molecule has 1 saturated heterocycles. The van der Waals surface area contributed by atoms with E-state index < -0.39 is 0 Å².